The normalized spacial score (nSPS) is 15.8. The molecule has 9 nitrogen and oxygen atoms in total. The van der Waals surface area contributed by atoms with Gasteiger partial charge in [0.15, 0.2) is 0 Å². The lowest BCUT2D eigenvalue weighted by atomic mass is 9.97. The molecule has 2 aliphatic heterocycles. The fourth-order valence-electron chi connectivity index (χ4n) is 5.42. The van der Waals surface area contributed by atoms with Crippen LogP contribution in [0.15, 0.2) is 59.5 Å². The van der Waals surface area contributed by atoms with Crippen LogP contribution in [0.5, 0.6) is 0 Å². The maximum absolute atomic E-state index is 14.9. The topological polar surface area (TPSA) is 109 Å². The number of nitrogens with zero attached hydrogens (tertiary/aromatic N) is 6. The van der Waals surface area contributed by atoms with Crippen molar-refractivity contribution in [1.29, 1.82) is 5.26 Å². The van der Waals surface area contributed by atoms with Crippen LogP contribution in [0.3, 0.4) is 0 Å². The van der Waals surface area contributed by atoms with E-state index in [2.05, 4.69) is 15.2 Å². The number of amides is 1. The Morgan fingerprint density at radius 3 is 2.44 bits per heavy atom. The van der Waals surface area contributed by atoms with Crippen molar-refractivity contribution in [2.75, 3.05) is 49.1 Å². The van der Waals surface area contributed by atoms with E-state index >= 15 is 0 Å². The number of carbonyl (C=O) groups is 1. The number of nitrogens with one attached hydrogen (secondary N) is 1. The Labute approximate surface area is 243 Å². The molecule has 2 aromatic heterocycles. The summed E-state index contributed by atoms with van der Waals surface area (Å²) in [5, 5.41) is 16.4. The number of rotatable bonds is 5. The number of anilines is 2. The summed E-state index contributed by atoms with van der Waals surface area (Å²) in [5.41, 5.74) is 1.50. The van der Waals surface area contributed by atoms with Crippen molar-refractivity contribution in [3.05, 3.63) is 93.3 Å². The second-order valence-electron chi connectivity index (χ2n) is 10.7. The van der Waals surface area contributed by atoms with Crippen molar-refractivity contribution >= 4 is 28.2 Å². The van der Waals surface area contributed by atoms with E-state index in [1.807, 2.05) is 11.0 Å². The Hall–Kier alpha value is -4.99. The minimum atomic E-state index is -4.26. The third-order valence-electron chi connectivity index (χ3n) is 7.96. The Bertz CT molecular complexity index is 1790. The molecule has 2 saturated heterocycles. The minimum absolute atomic E-state index is 0.0874. The van der Waals surface area contributed by atoms with E-state index in [0.717, 1.165) is 0 Å². The molecule has 6 rings (SSSR count). The summed E-state index contributed by atoms with van der Waals surface area (Å²) in [4.78, 5) is 35.2. The molecule has 2 aromatic carbocycles. The van der Waals surface area contributed by atoms with Gasteiger partial charge in [-0.25, -0.2) is 14.5 Å². The zero-order valence-electron chi connectivity index (χ0n) is 22.7. The maximum Gasteiger partial charge on any atom is 0.395 e. The first-order valence-electron chi connectivity index (χ1n) is 13.6. The summed E-state index contributed by atoms with van der Waals surface area (Å²) in [6, 6.07) is 14.5. The largest absolute Gasteiger partial charge is 0.395 e. The molecule has 43 heavy (non-hydrogen) atoms. The van der Waals surface area contributed by atoms with Gasteiger partial charge in [0.1, 0.15) is 17.7 Å². The Morgan fingerprint density at radius 1 is 1.00 bits per heavy atom. The van der Waals surface area contributed by atoms with Gasteiger partial charge in [0.05, 0.1) is 28.1 Å². The number of piperazine rings is 1. The van der Waals surface area contributed by atoms with Crippen LogP contribution in [0.25, 0.3) is 10.8 Å². The molecule has 1 amide bonds. The fraction of sp³-hybridized carbons (Fsp3) is 0.300. The third kappa shape index (κ3) is 5.60. The van der Waals surface area contributed by atoms with Gasteiger partial charge in [-0.3, -0.25) is 9.59 Å². The summed E-state index contributed by atoms with van der Waals surface area (Å²) in [6.45, 7) is 1.35. The number of nitriles is 1. The number of aromatic nitrogens is 3. The van der Waals surface area contributed by atoms with E-state index in [4.69, 9.17) is 5.26 Å². The zero-order valence-corrected chi connectivity index (χ0v) is 22.7. The number of carbonyl (C=O) groups excluding carboxylic acids is 1. The van der Waals surface area contributed by atoms with E-state index in [1.54, 1.807) is 40.1 Å². The van der Waals surface area contributed by atoms with Crippen LogP contribution in [0.2, 0.25) is 0 Å². The lowest BCUT2D eigenvalue weighted by Crippen LogP contribution is -2.53. The molecule has 2 fully saturated rings. The highest BCUT2D eigenvalue weighted by Crippen LogP contribution is 2.37. The first kappa shape index (κ1) is 28.1. The molecule has 0 saturated carbocycles. The second-order valence-corrected chi connectivity index (χ2v) is 10.7. The van der Waals surface area contributed by atoms with Crippen LogP contribution in [-0.2, 0) is 6.42 Å². The monoisotopic (exact) mass is 591 g/mol. The number of benzene rings is 2. The molecule has 1 N–H and O–H groups in total. The van der Waals surface area contributed by atoms with Gasteiger partial charge in [-0.1, -0.05) is 6.07 Å². The predicted octanol–water partition coefficient (Wildman–Crippen LogP) is 3.88. The fourth-order valence-corrected chi connectivity index (χ4v) is 5.42. The Kier molecular flexibility index (Phi) is 7.21. The van der Waals surface area contributed by atoms with E-state index in [1.165, 1.54) is 24.4 Å². The molecular weight excluding hydrogens is 566 g/mol. The van der Waals surface area contributed by atoms with E-state index < -0.39 is 29.4 Å². The van der Waals surface area contributed by atoms with Crippen molar-refractivity contribution in [1.82, 2.24) is 20.1 Å². The molecule has 0 unspecified atom stereocenters. The molecule has 4 heterocycles. The molecule has 4 aromatic rings. The number of hydrogen-bond donors (Lipinski definition) is 1. The number of fused-ring (bicyclic) bond motifs is 1. The summed E-state index contributed by atoms with van der Waals surface area (Å²) < 4.78 is 53.9. The number of alkyl halides is 3. The van der Waals surface area contributed by atoms with Crippen LogP contribution >= 0.6 is 0 Å². The lowest BCUT2D eigenvalue weighted by Gasteiger charge is -2.41. The Balaban J connectivity index is 1.19. The highest BCUT2D eigenvalue weighted by atomic mass is 19.4. The number of halogens is 4. The van der Waals surface area contributed by atoms with Crippen LogP contribution in [0.4, 0.5) is 29.1 Å². The van der Waals surface area contributed by atoms with Crippen molar-refractivity contribution in [2.45, 2.75) is 12.6 Å². The Morgan fingerprint density at radius 2 is 1.77 bits per heavy atom. The SMILES string of the molecule is N#Cc1ccc(N2CCN(C(=O)c3cc(Cc4n[nH]c(=O)c5ccc(N6CC(C(F)(F)F)C6)cc45)ccc3F)CC2)nc1. The van der Waals surface area contributed by atoms with Gasteiger partial charge in [-0.15, -0.1) is 0 Å². The number of aromatic amines is 1. The van der Waals surface area contributed by atoms with Crippen molar-refractivity contribution in [2.24, 2.45) is 5.92 Å². The van der Waals surface area contributed by atoms with Gasteiger partial charge in [0.2, 0.25) is 0 Å². The van der Waals surface area contributed by atoms with Gasteiger partial charge in [0, 0.05) is 63.0 Å². The van der Waals surface area contributed by atoms with Crippen molar-refractivity contribution in [3.63, 3.8) is 0 Å². The highest BCUT2D eigenvalue weighted by Gasteiger charge is 2.47. The summed E-state index contributed by atoms with van der Waals surface area (Å²) >= 11 is 0. The van der Waals surface area contributed by atoms with Crippen LogP contribution < -0.4 is 15.4 Å². The molecule has 0 radical (unpaired) electrons. The van der Waals surface area contributed by atoms with E-state index in [0.29, 0.717) is 65.3 Å². The maximum atomic E-state index is 14.9. The minimum Gasteiger partial charge on any atom is -0.370 e. The lowest BCUT2D eigenvalue weighted by molar-refractivity contribution is -0.180. The van der Waals surface area contributed by atoms with Crippen LogP contribution in [-0.4, -0.2) is 71.4 Å². The van der Waals surface area contributed by atoms with Gasteiger partial charge >= 0.3 is 6.18 Å². The second kappa shape index (κ2) is 11.0. The van der Waals surface area contributed by atoms with E-state index in [-0.39, 0.29) is 25.1 Å². The van der Waals surface area contributed by atoms with Gasteiger partial charge in [-0.05, 0) is 48.0 Å². The third-order valence-corrected chi connectivity index (χ3v) is 7.96. The summed E-state index contributed by atoms with van der Waals surface area (Å²) in [5.74, 6) is -1.82. The molecule has 220 valence electrons. The van der Waals surface area contributed by atoms with Gasteiger partial charge in [-0.2, -0.15) is 23.5 Å². The molecule has 2 aliphatic rings. The van der Waals surface area contributed by atoms with Gasteiger partial charge in [0.25, 0.3) is 11.5 Å². The zero-order chi connectivity index (χ0) is 30.3. The van der Waals surface area contributed by atoms with Crippen LogP contribution in [0.1, 0.15) is 27.2 Å². The summed E-state index contributed by atoms with van der Waals surface area (Å²) in [6.07, 6.45) is -2.62. The highest BCUT2D eigenvalue weighted by molar-refractivity contribution is 5.95. The van der Waals surface area contributed by atoms with E-state index in [9.17, 15) is 27.2 Å². The molecule has 0 spiro atoms. The first-order chi connectivity index (χ1) is 20.6. The van der Waals surface area contributed by atoms with Gasteiger partial charge < -0.3 is 14.7 Å². The predicted molar refractivity (Wildman–Crippen MR) is 150 cm³/mol. The first-order valence-corrected chi connectivity index (χ1v) is 13.6. The molecular formula is C30H25F4N7O2. The average molecular weight is 592 g/mol. The summed E-state index contributed by atoms with van der Waals surface area (Å²) in [7, 11) is 0. The number of hydrogen-bond acceptors (Lipinski definition) is 7. The van der Waals surface area contributed by atoms with Crippen molar-refractivity contribution in [3.8, 4) is 6.07 Å². The number of H-pyrrole nitrogens is 1. The quantitative estimate of drug-likeness (QED) is 0.351. The van der Waals surface area contributed by atoms with Crippen molar-refractivity contribution < 1.29 is 22.4 Å². The standard InChI is InChI=1S/C30H25F4N7O2/c31-25-5-1-18(11-24(25)29(43)40-9-7-39(8-10-40)27-6-2-19(14-35)15-36-27)12-26-23-13-21(3-4-22(23)28(42)38-37-26)41-16-20(17-41)30(32,33)34/h1-6,11,13,15,20H,7-10,12,16-17H2,(H,38,42). The smallest absolute Gasteiger partial charge is 0.370 e. The van der Waals surface area contributed by atoms with Crippen LogP contribution in [0, 0.1) is 23.1 Å². The molecule has 0 bridgehead atoms. The molecule has 0 aliphatic carbocycles. The molecule has 0 atom stereocenters. The average Bonchev–Trinajstić information content (AvgIpc) is 2.98. The number of pyridine rings is 1. The molecule has 13 heteroatoms.